The number of ether oxygens (including phenoxy) is 1. The fraction of sp³-hybridized carbons (Fsp3) is 0.417. The van der Waals surface area contributed by atoms with Gasteiger partial charge in [0.2, 0.25) is 5.91 Å². The molecular weight excluding hydrogens is 343 g/mol. The number of alkyl halides is 3. The maximum absolute atomic E-state index is 12.0. The summed E-state index contributed by atoms with van der Waals surface area (Å²) in [4.78, 5) is 11.2. The van der Waals surface area contributed by atoms with Crippen molar-refractivity contribution in [2.45, 2.75) is 18.7 Å². The van der Waals surface area contributed by atoms with Crippen molar-refractivity contribution in [3.63, 3.8) is 0 Å². The van der Waals surface area contributed by atoms with Gasteiger partial charge in [-0.25, -0.2) is 0 Å². The van der Waals surface area contributed by atoms with Gasteiger partial charge >= 0.3 is 6.18 Å². The molecule has 0 fully saturated rings. The number of carbonyl (C=O) groups is 1. The van der Waals surface area contributed by atoms with E-state index in [9.17, 15) is 18.0 Å². The van der Waals surface area contributed by atoms with Gasteiger partial charge in [-0.05, 0) is 24.3 Å². The number of hydrogen-bond donors (Lipinski definition) is 2. The molecule has 2 N–H and O–H groups in total. The average molecular weight is 356 g/mol. The molecule has 20 heavy (non-hydrogen) atoms. The molecule has 1 atom stereocenters. The van der Waals surface area contributed by atoms with Gasteiger partial charge in [0.1, 0.15) is 5.75 Å². The zero-order valence-corrected chi connectivity index (χ0v) is 11.9. The van der Waals surface area contributed by atoms with Gasteiger partial charge in [-0.3, -0.25) is 4.79 Å². The van der Waals surface area contributed by atoms with Crippen molar-refractivity contribution in [3.05, 3.63) is 28.7 Å². The molecule has 0 aliphatic rings. The zero-order valence-electron chi connectivity index (χ0n) is 10.3. The third-order valence-electron chi connectivity index (χ3n) is 2.28. The predicted octanol–water partition coefficient (Wildman–Crippen LogP) is 2.26. The molecule has 112 valence electrons. The Kier molecular flexibility index (Phi) is 6.28. The monoisotopic (exact) mass is 355 g/mol. The molecule has 0 heterocycles. The van der Waals surface area contributed by atoms with Crippen LogP contribution in [0.25, 0.3) is 0 Å². The van der Waals surface area contributed by atoms with Gasteiger partial charge in [0.15, 0.2) is 6.10 Å². The fourth-order valence-electron chi connectivity index (χ4n) is 1.21. The van der Waals surface area contributed by atoms with Gasteiger partial charge in [0, 0.05) is 4.47 Å². The molecule has 1 aromatic rings. The van der Waals surface area contributed by atoms with E-state index in [-0.39, 0.29) is 13.0 Å². The lowest BCUT2D eigenvalue weighted by molar-refractivity contribution is -0.201. The van der Waals surface area contributed by atoms with Gasteiger partial charge in [-0.2, -0.15) is 13.2 Å². The Morgan fingerprint density at radius 1 is 1.35 bits per heavy atom. The molecule has 0 aliphatic carbocycles. The van der Waals surface area contributed by atoms with E-state index in [2.05, 4.69) is 15.9 Å². The fourth-order valence-corrected chi connectivity index (χ4v) is 1.47. The van der Waals surface area contributed by atoms with Crippen LogP contribution in [-0.4, -0.2) is 36.4 Å². The van der Waals surface area contributed by atoms with Crippen LogP contribution in [0.4, 0.5) is 13.2 Å². The smallest absolute Gasteiger partial charge is 0.416 e. The van der Waals surface area contributed by atoms with E-state index in [1.165, 1.54) is 0 Å². The van der Waals surface area contributed by atoms with Crippen LogP contribution in [0.15, 0.2) is 28.7 Å². The summed E-state index contributed by atoms with van der Waals surface area (Å²) in [6.45, 7) is -0.823. The van der Waals surface area contributed by atoms with Crippen molar-refractivity contribution in [2.75, 3.05) is 13.2 Å². The van der Waals surface area contributed by atoms with Gasteiger partial charge in [-0.15, -0.1) is 0 Å². The van der Waals surface area contributed by atoms with Crippen LogP contribution in [-0.2, 0) is 4.79 Å². The first-order chi connectivity index (χ1) is 9.29. The van der Waals surface area contributed by atoms with Crippen LogP contribution in [0, 0.1) is 0 Å². The van der Waals surface area contributed by atoms with E-state index in [1.807, 2.05) is 5.32 Å². The summed E-state index contributed by atoms with van der Waals surface area (Å²) in [5, 5.41) is 10.7. The summed E-state index contributed by atoms with van der Waals surface area (Å²) >= 11 is 3.25. The third-order valence-corrected chi connectivity index (χ3v) is 2.81. The minimum atomic E-state index is -4.73. The van der Waals surface area contributed by atoms with E-state index in [1.54, 1.807) is 24.3 Å². The molecule has 0 spiro atoms. The standard InChI is InChI=1S/C12H13BrF3NO3/c13-8-1-3-9(4-2-8)20-6-5-11(19)17-7-10(18)12(14,15)16/h1-4,10,18H,5-7H2,(H,17,19). The summed E-state index contributed by atoms with van der Waals surface area (Å²) in [5.41, 5.74) is 0. The van der Waals surface area contributed by atoms with Crippen LogP contribution >= 0.6 is 15.9 Å². The van der Waals surface area contributed by atoms with E-state index < -0.39 is 24.7 Å². The van der Waals surface area contributed by atoms with Crippen molar-refractivity contribution in [1.82, 2.24) is 5.32 Å². The highest BCUT2D eigenvalue weighted by Gasteiger charge is 2.38. The normalized spacial score (nSPS) is 12.8. The lowest BCUT2D eigenvalue weighted by Crippen LogP contribution is -2.40. The van der Waals surface area contributed by atoms with Gasteiger partial charge < -0.3 is 15.2 Å². The first kappa shape index (κ1) is 16.8. The van der Waals surface area contributed by atoms with Crippen molar-refractivity contribution in [3.8, 4) is 5.75 Å². The quantitative estimate of drug-likeness (QED) is 0.822. The number of carbonyl (C=O) groups excluding carboxylic acids is 1. The highest BCUT2D eigenvalue weighted by atomic mass is 79.9. The molecule has 0 saturated heterocycles. The molecule has 0 saturated carbocycles. The topological polar surface area (TPSA) is 58.6 Å². The summed E-state index contributed by atoms with van der Waals surface area (Å²) in [5.74, 6) is -0.0678. The Bertz CT molecular complexity index is 437. The predicted molar refractivity (Wildman–Crippen MR) is 69.3 cm³/mol. The Hall–Kier alpha value is -1.28. The Morgan fingerprint density at radius 3 is 2.50 bits per heavy atom. The summed E-state index contributed by atoms with van der Waals surface area (Å²) in [7, 11) is 0. The maximum Gasteiger partial charge on any atom is 0.416 e. The highest BCUT2D eigenvalue weighted by Crippen LogP contribution is 2.19. The zero-order chi connectivity index (χ0) is 15.2. The van der Waals surface area contributed by atoms with Crippen molar-refractivity contribution in [1.29, 1.82) is 0 Å². The summed E-state index contributed by atoms with van der Waals surface area (Å²) < 4.78 is 42.0. The highest BCUT2D eigenvalue weighted by molar-refractivity contribution is 9.10. The number of aliphatic hydroxyl groups is 1. The van der Waals surface area contributed by atoms with Crippen LogP contribution in [0.2, 0.25) is 0 Å². The molecule has 0 radical (unpaired) electrons. The number of nitrogens with one attached hydrogen (secondary N) is 1. The molecule has 0 aromatic heterocycles. The first-order valence-corrected chi connectivity index (χ1v) is 6.48. The summed E-state index contributed by atoms with van der Waals surface area (Å²) in [6, 6.07) is 6.90. The van der Waals surface area contributed by atoms with Crippen LogP contribution in [0.1, 0.15) is 6.42 Å². The molecule has 1 aromatic carbocycles. The Balaban J connectivity index is 2.22. The maximum atomic E-state index is 12.0. The van der Waals surface area contributed by atoms with E-state index in [0.29, 0.717) is 5.75 Å². The van der Waals surface area contributed by atoms with E-state index in [4.69, 9.17) is 9.84 Å². The van der Waals surface area contributed by atoms with Crippen molar-refractivity contribution in [2.24, 2.45) is 0 Å². The van der Waals surface area contributed by atoms with Gasteiger partial charge in [0.25, 0.3) is 0 Å². The molecule has 1 unspecified atom stereocenters. The Morgan fingerprint density at radius 2 is 1.95 bits per heavy atom. The second kappa shape index (κ2) is 7.49. The average Bonchev–Trinajstić information content (AvgIpc) is 2.37. The van der Waals surface area contributed by atoms with Gasteiger partial charge in [-0.1, -0.05) is 15.9 Å². The second-order valence-corrected chi connectivity index (χ2v) is 4.83. The minimum Gasteiger partial charge on any atom is -0.493 e. The molecule has 1 amide bonds. The number of rotatable bonds is 6. The summed E-state index contributed by atoms with van der Waals surface area (Å²) in [6.07, 6.45) is -7.39. The minimum absolute atomic E-state index is 0.0373. The lowest BCUT2D eigenvalue weighted by atomic mass is 10.3. The third kappa shape index (κ3) is 6.25. The number of amides is 1. The van der Waals surface area contributed by atoms with Crippen molar-refractivity contribution < 1.29 is 27.8 Å². The number of aliphatic hydroxyl groups excluding tert-OH is 1. The molecule has 1 rings (SSSR count). The van der Waals surface area contributed by atoms with Crippen LogP contribution in [0.3, 0.4) is 0 Å². The largest absolute Gasteiger partial charge is 0.493 e. The number of hydrogen-bond acceptors (Lipinski definition) is 3. The van der Waals surface area contributed by atoms with Crippen LogP contribution < -0.4 is 10.1 Å². The van der Waals surface area contributed by atoms with E-state index >= 15 is 0 Å². The SMILES string of the molecule is O=C(CCOc1ccc(Br)cc1)NCC(O)C(F)(F)F. The molecule has 0 aliphatic heterocycles. The molecule has 0 bridgehead atoms. The number of benzene rings is 1. The first-order valence-electron chi connectivity index (χ1n) is 5.69. The Labute approximate surface area is 122 Å². The lowest BCUT2D eigenvalue weighted by Gasteiger charge is -2.15. The second-order valence-electron chi connectivity index (χ2n) is 3.91. The molecule has 4 nitrogen and oxygen atoms in total. The van der Waals surface area contributed by atoms with Crippen LogP contribution in [0.5, 0.6) is 5.75 Å². The van der Waals surface area contributed by atoms with Crippen molar-refractivity contribution >= 4 is 21.8 Å². The van der Waals surface area contributed by atoms with E-state index in [0.717, 1.165) is 4.47 Å². The molecular formula is C12H13BrF3NO3. The number of halogens is 4. The molecule has 8 heteroatoms. The van der Waals surface area contributed by atoms with Gasteiger partial charge in [0.05, 0.1) is 19.6 Å².